The molecule has 1 N–H and O–H groups in total. The number of aryl methyl sites for hydroxylation is 1. The molecule has 0 spiro atoms. The molecule has 0 unspecified atom stereocenters. The minimum atomic E-state index is 0.467. The number of hydrogen-bond donors (Lipinski definition) is 1. The zero-order chi connectivity index (χ0) is 16.2. The Labute approximate surface area is 137 Å². The Hall–Kier alpha value is -2.08. The Bertz CT molecular complexity index is 631. The number of hydrogen-bond acceptors (Lipinski definition) is 6. The van der Waals surface area contributed by atoms with Crippen LogP contribution in [0.3, 0.4) is 0 Å². The molecular formula is C17H25N5O. The number of piperidine rings is 1. The number of nitrogens with one attached hydrogen (secondary N) is 1. The van der Waals surface area contributed by atoms with Gasteiger partial charge in [-0.2, -0.15) is 4.98 Å². The van der Waals surface area contributed by atoms with Crippen LogP contribution in [0.15, 0.2) is 28.8 Å². The first-order valence-electron chi connectivity index (χ1n) is 8.15. The van der Waals surface area contributed by atoms with Crippen LogP contribution in [0, 0.1) is 6.92 Å². The maximum atomic E-state index is 5.67. The lowest BCUT2D eigenvalue weighted by atomic mass is 10.0. The lowest BCUT2D eigenvalue weighted by Crippen LogP contribution is -2.38. The lowest BCUT2D eigenvalue weighted by Gasteiger charge is -2.32. The predicted octanol–water partition coefficient (Wildman–Crippen LogP) is 2.52. The van der Waals surface area contributed by atoms with Gasteiger partial charge < -0.3 is 14.6 Å². The summed E-state index contributed by atoms with van der Waals surface area (Å²) in [5.74, 6) is 3.68. The minimum Gasteiger partial charge on any atom is -0.465 e. The van der Waals surface area contributed by atoms with Gasteiger partial charge in [0, 0.05) is 39.4 Å². The van der Waals surface area contributed by atoms with Crippen molar-refractivity contribution in [1.82, 2.24) is 14.9 Å². The lowest BCUT2D eigenvalue weighted by molar-refractivity contribution is 0.196. The Balaban J connectivity index is 1.50. The second-order valence-electron chi connectivity index (χ2n) is 6.34. The van der Waals surface area contributed by atoms with Crippen LogP contribution < -0.4 is 10.2 Å². The van der Waals surface area contributed by atoms with Crippen LogP contribution in [-0.4, -0.2) is 48.1 Å². The normalized spacial score (nSPS) is 16.5. The van der Waals surface area contributed by atoms with E-state index in [1.807, 2.05) is 38.1 Å². The number of nitrogens with zero attached hydrogens (tertiary/aromatic N) is 4. The SMILES string of the molecule is Cc1ccc(CN2CCC(Nc3ccnc(N(C)C)n3)CC2)o1. The van der Waals surface area contributed by atoms with Gasteiger partial charge in [0.25, 0.3) is 0 Å². The van der Waals surface area contributed by atoms with Crippen LogP contribution in [0.25, 0.3) is 0 Å². The van der Waals surface area contributed by atoms with Crippen molar-refractivity contribution in [2.45, 2.75) is 32.4 Å². The quantitative estimate of drug-likeness (QED) is 0.915. The molecule has 0 atom stereocenters. The van der Waals surface area contributed by atoms with Gasteiger partial charge in [-0.3, -0.25) is 4.90 Å². The summed E-state index contributed by atoms with van der Waals surface area (Å²) in [5, 5.41) is 3.54. The first-order valence-corrected chi connectivity index (χ1v) is 8.15. The fraction of sp³-hybridized carbons (Fsp3) is 0.529. The summed E-state index contributed by atoms with van der Waals surface area (Å²) in [6.45, 7) is 5.04. The van der Waals surface area contributed by atoms with Crippen molar-refractivity contribution in [3.05, 3.63) is 35.9 Å². The van der Waals surface area contributed by atoms with Crippen molar-refractivity contribution in [3.8, 4) is 0 Å². The van der Waals surface area contributed by atoms with Gasteiger partial charge in [-0.05, 0) is 38.0 Å². The summed E-state index contributed by atoms with van der Waals surface area (Å²) in [4.78, 5) is 13.1. The van der Waals surface area contributed by atoms with Gasteiger partial charge in [0.15, 0.2) is 0 Å². The Kier molecular flexibility index (Phi) is 4.81. The summed E-state index contributed by atoms with van der Waals surface area (Å²) in [6.07, 6.45) is 4.03. The van der Waals surface area contributed by atoms with Crippen molar-refractivity contribution >= 4 is 11.8 Å². The van der Waals surface area contributed by atoms with E-state index in [1.165, 1.54) is 0 Å². The average molecular weight is 315 g/mol. The van der Waals surface area contributed by atoms with Crippen LogP contribution in [0.2, 0.25) is 0 Å². The summed E-state index contributed by atoms with van der Waals surface area (Å²) in [7, 11) is 3.90. The molecule has 6 nitrogen and oxygen atoms in total. The number of furan rings is 1. The van der Waals surface area contributed by atoms with Crippen LogP contribution in [0.4, 0.5) is 11.8 Å². The van der Waals surface area contributed by atoms with Crippen molar-refractivity contribution in [3.63, 3.8) is 0 Å². The fourth-order valence-corrected chi connectivity index (χ4v) is 2.88. The summed E-state index contributed by atoms with van der Waals surface area (Å²) in [5.41, 5.74) is 0. The number of anilines is 2. The minimum absolute atomic E-state index is 0.467. The highest BCUT2D eigenvalue weighted by Crippen LogP contribution is 2.18. The third-order valence-corrected chi connectivity index (χ3v) is 4.16. The van der Waals surface area contributed by atoms with Crippen molar-refractivity contribution < 1.29 is 4.42 Å². The summed E-state index contributed by atoms with van der Waals surface area (Å²) in [6, 6.07) is 6.50. The predicted molar refractivity (Wildman–Crippen MR) is 91.7 cm³/mol. The molecule has 0 saturated carbocycles. The van der Waals surface area contributed by atoms with Gasteiger partial charge >= 0.3 is 0 Å². The van der Waals surface area contributed by atoms with E-state index < -0.39 is 0 Å². The van der Waals surface area contributed by atoms with Crippen LogP contribution in [0.5, 0.6) is 0 Å². The van der Waals surface area contributed by atoms with Gasteiger partial charge in [-0.25, -0.2) is 4.98 Å². The molecule has 3 heterocycles. The second-order valence-corrected chi connectivity index (χ2v) is 6.34. The Morgan fingerprint density at radius 1 is 1.26 bits per heavy atom. The van der Waals surface area contributed by atoms with E-state index >= 15 is 0 Å². The first kappa shape index (κ1) is 15.8. The smallest absolute Gasteiger partial charge is 0.226 e. The van der Waals surface area contributed by atoms with Gasteiger partial charge in [0.05, 0.1) is 6.54 Å². The third kappa shape index (κ3) is 4.22. The molecule has 6 heteroatoms. The summed E-state index contributed by atoms with van der Waals surface area (Å²) < 4.78 is 5.67. The number of aromatic nitrogens is 2. The molecule has 3 rings (SSSR count). The molecule has 0 bridgehead atoms. The van der Waals surface area contributed by atoms with Crippen molar-refractivity contribution in [1.29, 1.82) is 0 Å². The molecule has 0 amide bonds. The van der Waals surface area contributed by atoms with Gasteiger partial charge in [-0.1, -0.05) is 0 Å². The van der Waals surface area contributed by atoms with Gasteiger partial charge in [0.2, 0.25) is 5.95 Å². The second kappa shape index (κ2) is 7.00. The molecule has 2 aromatic rings. The van der Waals surface area contributed by atoms with E-state index in [0.29, 0.717) is 6.04 Å². The molecule has 0 radical (unpaired) electrons. The number of rotatable bonds is 5. The van der Waals surface area contributed by atoms with E-state index in [9.17, 15) is 0 Å². The largest absolute Gasteiger partial charge is 0.465 e. The van der Waals surface area contributed by atoms with Crippen LogP contribution in [0.1, 0.15) is 24.4 Å². The van der Waals surface area contributed by atoms with E-state index in [0.717, 1.165) is 55.8 Å². The van der Waals surface area contributed by atoms with Gasteiger partial charge in [-0.15, -0.1) is 0 Å². The molecule has 1 fully saturated rings. The van der Waals surface area contributed by atoms with Crippen LogP contribution >= 0.6 is 0 Å². The Morgan fingerprint density at radius 2 is 2.04 bits per heavy atom. The van der Waals surface area contributed by atoms with Crippen molar-refractivity contribution in [2.75, 3.05) is 37.4 Å². The van der Waals surface area contributed by atoms with Gasteiger partial charge in [0.1, 0.15) is 17.3 Å². The molecule has 124 valence electrons. The zero-order valence-corrected chi connectivity index (χ0v) is 14.1. The van der Waals surface area contributed by atoms with Crippen molar-refractivity contribution in [2.24, 2.45) is 0 Å². The van der Waals surface area contributed by atoms with E-state index in [1.54, 1.807) is 6.20 Å². The van der Waals surface area contributed by atoms with E-state index in [-0.39, 0.29) is 0 Å². The number of likely N-dealkylation sites (tertiary alicyclic amines) is 1. The van der Waals surface area contributed by atoms with E-state index in [2.05, 4.69) is 26.3 Å². The molecule has 0 aliphatic carbocycles. The molecule has 0 aromatic carbocycles. The fourth-order valence-electron chi connectivity index (χ4n) is 2.88. The standard InChI is InChI=1S/C17H25N5O/c1-13-4-5-15(23-13)12-22-10-7-14(8-11-22)19-16-6-9-18-17(20-16)21(2)3/h4-6,9,14H,7-8,10-12H2,1-3H3,(H,18,19,20). The maximum Gasteiger partial charge on any atom is 0.226 e. The van der Waals surface area contributed by atoms with E-state index in [4.69, 9.17) is 4.42 Å². The molecular weight excluding hydrogens is 290 g/mol. The average Bonchev–Trinajstić information content (AvgIpc) is 2.94. The molecule has 1 aliphatic rings. The third-order valence-electron chi connectivity index (χ3n) is 4.16. The first-order chi connectivity index (χ1) is 11.1. The monoisotopic (exact) mass is 315 g/mol. The summed E-state index contributed by atoms with van der Waals surface area (Å²) >= 11 is 0. The Morgan fingerprint density at radius 3 is 2.70 bits per heavy atom. The highest BCUT2D eigenvalue weighted by Gasteiger charge is 2.20. The molecule has 2 aromatic heterocycles. The molecule has 23 heavy (non-hydrogen) atoms. The highest BCUT2D eigenvalue weighted by molar-refractivity contribution is 5.41. The zero-order valence-electron chi connectivity index (χ0n) is 14.1. The topological polar surface area (TPSA) is 57.4 Å². The van der Waals surface area contributed by atoms with Crippen LogP contribution in [-0.2, 0) is 6.54 Å². The highest BCUT2D eigenvalue weighted by atomic mass is 16.3. The molecule has 1 aliphatic heterocycles. The maximum absolute atomic E-state index is 5.67. The molecule has 1 saturated heterocycles.